The number of likely N-dealkylation sites (tertiary alicyclic amines) is 2. The molecule has 65 heavy (non-hydrogen) atoms. The number of hydrogen-bond donors (Lipinski definition) is 5. The summed E-state index contributed by atoms with van der Waals surface area (Å²) >= 11 is 0. The van der Waals surface area contributed by atoms with Gasteiger partial charge in [0.2, 0.25) is 11.8 Å². The molecule has 0 bridgehead atoms. The first-order chi connectivity index (χ1) is 31.4. The fourth-order valence-corrected chi connectivity index (χ4v) is 9.51. The quantitative estimate of drug-likeness (QED) is 0.0861. The number of pyridine rings is 1. The third kappa shape index (κ3) is 8.15. The van der Waals surface area contributed by atoms with Crippen molar-refractivity contribution in [2.75, 3.05) is 27.3 Å². The van der Waals surface area contributed by atoms with E-state index in [-0.39, 0.29) is 35.7 Å². The van der Waals surface area contributed by atoms with Crippen LogP contribution in [-0.2, 0) is 19.1 Å². The van der Waals surface area contributed by atoms with Crippen LogP contribution in [-0.4, -0.2) is 103 Å². The first-order valence-corrected chi connectivity index (χ1v) is 22.2. The summed E-state index contributed by atoms with van der Waals surface area (Å²) < 4.78 is 16.6. The zero-order valence-electron chi connectivity index (χ0n) is 37.3. The Morgan fingerprint density at radius 1 is 0.723 bits per heavy atom. The Morgan fingerprint density at radius 3 is 1.80 bits per heavy atom. The van der Waals surface area contributed by atoms with E-state index in [2.05, 4.69) is 48.8 Å². The summed E-state index contributed by atoms with van der Waals surface area (Å²) in [4.78, 5) is 80.0. The largest absolute Gasteiger partial charge is 0.480 e. The molecule has 4 aromatic heterocycles. The van der Waals surface area contributed by atoms with Crippen molar-refractivity contribution in [1.29, 1.82) is 0 Å². The molecule has 3 unspecified atom stereocenters. The Hall–Kier alpha value is -7.17. The van der Waals surface area contributed by atoms with Crippen molar-refractivity contribution in [2.45, 2.75) is 83.6 Å². The van der Waals surface area contributed by atoms with Crippen molar-refractivity contribution in [2.24, 2.45) is 11.8 Å². The highest BCUT2D eigenvalue weighted by molar-refractivity contribution is 5.96. The van der Waals surface area contributed by atoms with E-state index in [4.69, 9.17) is 24.2 Å². The van der Waals surface area contributed by atoms with Gasteiger partial charge in [-0.3, -0.25) is 14.6 Å². The molecule has 0 spiro atoms. The molecular weight excluding hydrogens is 829 g/mol. The number of carbonyl (C=O) groups excluding carboxylic acids is 4. The van der Waals surface area contributed by atoms with E-state index >= 15 is 0 Å². The van der Waals surface area contributed by atoms with Gasteiger partial charge >= 0.3 is 12.2 Å². The predicted octanol–water partition coefficient (Wildman–Crippen LogP) is 7.58. The van der Waals surface area contributed by atoms with Crippen molar-refractivity contribution in [3.63, 3.8) is 0 Å². The Labute approximate surface area is 376 Å². The standard InChI is InChI=1S/C48H54N10O7/c1-25(2)39(55-47(61)63-5)45(59)57-19-7-9-35(57)43-50-23-33(53-43)28-12-14-32-31(21-28)38-41(52-32)30-13-11-29(22-37(30)65-42(38)27-15-17-49-18-16-27)34-24-51-44(54-34)36-10-8-20-58(36)46(60)40(26(3)4)56-48(62)64-6/h11-18,21-26,35-36,39-40,42,52H,7-10,19-20H2,1-6H3,(H,50,53)(H,51,54)(H,55,61)(H,56,62)/t35-,36-,39?,40?,42?/m0/s1. The van der Waals surface area contributed by atoms with Crippen LogP contribution in [0.25, 0.3) is 44.7 Å². The molecule has 0 aliphatic carbocycles. The minimum atomic E-state index is -0.724. The van der Waals surface area contributed by atoms with Crippen molar-refractivity contribution in [3.05, 3.63) is 96.1 Å². The number of ether oxygens (including phenoxy) is 3. The first kappa shape index (κ1) is 43.1. The Kier molecular flexibility index (Phi) is 11.8. The molecule has 338 valence electrons. The van der Waals surface area contributed by atoms with Crippen LogP contribution in [0.3, 0.4) is 0 Å². The van der Waals surface area contributed by atoms with Crippen LogP contribution in [0.5, 0.6) is 5.75 Å². The van der Waals surface area contributed by atoms with E-state index < -0.39 is 30.4 Å². The van der Waals surface area contributed by atoms with Gasteiger partial charge in [-0.25, -0.2) is 19.6 Å². The molecule has 4 amide bonds. The number of benzene rings is 2. The van der Waals surface area contributed by atoms with Gasteiger partial charge in [-0.05, 0) is 73.9 Å². The summed E-state index contributed by atoms with van der Waals surface area (Å²) in [6, 6.07) is 14.3. The fourth-order valence-electron chi connectivity index (χ4n) is 9.51. The summed E-state index contributed by atoms with van der Waals surface area (Å²) in [5.74, 6) is 1.47. The number of nitrogens with one attached hydrogen (secondary N) is 5. The number of rotatable bonds is 11. The predicted molar refractivity (Wildman–Crippen MR) is 241 cm³/mol. The number of aromatic nitrogens is 6. The van der Waals surface area contributed by atoms with Gasteiger partial charge in [0, 0.05) is 64.2 Å². The van der Waals surface area contributed by atoms with Gasteiger partial charge in [0.05, 0.1) is 55.8 Å². The molecule has 17 nitrogen and oxygen atoms in total. The Balaban J connectivity index is 1.01. The van der Waals surface area contributed by atoms with Crippen LogP contribution in [0.15, 0.2) is 73.3 Å². The monoisotopic (exact) mass is 882 g/mol. The minimum Gasteiger partial charge on any atom is -0.480 e. The zero-order chi connectivity index (χ0) is 45.5. The van der Waals surface area contributed by atoms with E-state index in [1.54, 1.807) is 23.5 Å². The topological polar surface area (TPSA) is 213 Å². The fraction of sp³-hybridized carbons (Fsp3) is 0.396. The molecule has 7 heterocycles. The van der Waals surface area contributed by atoms with Gasteiger partial charge in [0.1, 0.15) is 29.5 Å². The van der Waals surface area contributed by atoms with Gasteiger partial charge in [0.25, 0.3) is 0 Å². The van der Waals surface area contributed by atoms with Crippen molar-refractivity contribution >= 4 is 34.9 Å². The minimum absolute atomic E-state index is 0.135. The Bertz CT molecular complexity index is 2740. The number of hydrogen-bond acceptors (Lipinski definition) is 10. The highest BCUT2D eigenvalue weighted by Gasteiger charge is 2.39. The number of carbonyl (C=O) groups is 4. The molecule has 2 fully saturated rings. The van der Waals surface area contributed by atoms with Gasteiger partial charge in [0.15, 0.2) is 6.10 Å². The SMILES string of the molecule is COC(=O)NC(C(=O)N1CCC[C@H]1c1ncc(-c2ccc3c(c2)OC(c2ccncc2)c2c-3[nH]c3ccc(-c4cnc([C@@H]5CCCN5C(=O)C(NC(=O)OC)C(C)C)[nH]4)cc23)[nH]1)C(C)C. The summed E-state index contributed by atoms with van der Waals surface area (Å²) in [6.07, 6.45) is 8.50. The van der Waals surface area contributed by atoms with Gasteiger partial charge < -0.3 is 49.6 Å². The average Bonchev–Trinajstić information content (AvgIpc) is 4.18. The molecule has 2 saturated heterocycles. The van der Waals surface area contributed by atoms with E-state index in [0.29, 0.717) is 30.5 Å². The molecule has 0 radical (unpaired) electrons. The third-order valence-electron chi connectivity index (χ3n) is 12.9. The maximum absolute atomic E-state index is 13.8. The molecule has 17 heteroatoms. The van der Waals surface area contributed by atoms with E-state index in [1.807, 2.05) is 69.1 Å². The summed E-state index contributed by atoms with van der Waals surface area (Å²) in [6.45, 7) is 8.72. The molecule has 5 N–H and O–H groups in total. The number of methoxy groups -OCH3 is 2. The lowest BCUT2D eigenvalue weighted by atomic mass is 9.92. The molecule has 9 rings (SSSR count). The molecule has 6 aromatic rings. The zero-order valence-corrected chi connectivity index (χ0v) is 37.3. The van der Waals surface area contributed by atoms with Crippen molar-refractivity contribution in [3.8, 4) is 39.5 Å². The Morgan fingerprint density at radius 2 is 1.26 bits per heavy atom. The van der Waals surface area contributed by atoms with Gasteiger partial charge in [-0.15, -0.1) is 0 Å². The lowest BCUT2D eigenvalue weighted by molar-refractivity contribution is -0.136. The highest BCUT2D eigenvalue weighted by atomic mass is 16.5. The lowest BCUT2D eigenvalue weighted by Crippen LogP contribution is -2.51. The van der Waals surface area contributed by atoms with Crippen LogP contribution in [0, 0.1) is 11.8 Å². The number of imidazole rings is 2. The van der Waals surface area contributed by atoms with Gasteiger partial charge in [-0.1, -0.05) is 39.8 Å². The third-order valence-corrected chi connectivity index (χ3v) is 12.9. The number of aromatic amines is 3. The second-order valence-electron chi connectivity index (χ2n) is 17.6. The van der Waals surface area contributed by atoms with Crippen LogP contribution in [0.1, 0.15) is 94.3 Å². The molecule has 3 aliphatic heterocycles. The van der Waals surface area contributed by atoms with Crippen LogP contribution in [0.2, 0.25) is 0 Å². The molecule has 0 saturated carbocycles. The maximum atomic E-state index is 13.8. The van der Waals surface area contributed by atoms with Crippen LogP contribution < -0.4 is 15.4 Å². The number of nitrogens with zero attached hydrogens (tertiary/aromatic N) is 5. The number of H-pyrrole nitrogens is 3. The van der Waals surface area contributed by atoms with Gasteiger partial charge in [-0.2, -0.15) is 0 Å². The summed E-state index contributed by atoms with van der Waals surface area (Å²) in [7, 11) is 2.58. The number of fused-ring (bicyclic) bond motifs is 5. The van der Waals surface area contributed by atoms with E-state index in [9.17, 15) is 19.2 Å². The molecule has 2 aromatic carbocycles. The second-order valence-corrected chi connectivity index (χ2v) is 17.6. The van der Waals surface area contributed by atoms with E-state index in [0.717, 1.165) is 81.5 Å². The lowest BCUT2D eigenvalue weighted by Gasteiger charge is -2.30. The first-order valence-electron chi connectivity index (χ1n) is 22.2. The number of amides is 4. The molecule has 5 atom stereocenters. The average molecular weight is 883 g/mol. The normalized spacial score (nSPS) is 18.9. The summed E-state index contributed by atoms with van der Waals surface area (Å²) in [5, 5.41) is 6.42. The highest BCUT2D eigenvalue weighted by Crippen LogP contribution is 2.49. The van der Waals surface area contributed by atoms with Crippen LogP contribution in [0.4, 0.5) is 9.59 Å². The van der Waals surface area contributed by atoms with Crippen LogP contribution >= 0.6 is 0 Å². The molecule has 3 aliphatic rings. The van der Waals surface area contributed by atoms with E-state index in [1.165, 1.54) is 14.2 Å². The maximum Gasteiger partial charge on any atom is 0.407 e. The second kappa shape index (κ2) is 17.8. The summed E-state index contributed by atoms with van der Waals surface area (Å²) in [5.41, 5.74) is 8.13. The molecular formula is C48H54N10O7. The smallest absolute Gasteiger partial charge is 0.407 e. The number of alkyl carbamates (subject to hydrolysis) is 2. The van der Waals surface area contributed by atoms with Crippen molar-refractivity contribution in [1.82, 2.24) is 50.3 Å². The van der Waals surface area contributed by atoms with Crippen molar-refractivity contribution < 1.29 is 33.4 Å².